The number of rotatable bonds is 1. The molecule has 1 amide bonds. The van der Waals surface area contributed by atoms with Gasteiger partial charge in [-0.1, -0.05) is 0 Å². The van der Waals surface area contributed by atoms with Crippen molar-refractivity contribution in [2.45, 2.75) is 13.0 Å². The maximum Gasteiger partial charge on any atom is 0.256 e. The average molecular weight is 285 g/mol. The number of morpholine rings is 1. The highest BCUT2D eigenvalue weighted by atomic mass is 79.9. The lowest BCUT2D eigenvalue weighted by Gasteiger charge is -2.31. The van der Waals surface area contributed by atoms with E-state index in [1.165, 1.54) is 0 Å². The zero-order chi connectivity index (χ0) is 11.5. The number of aromatic nitrogens is 1. The van der Waals surface area contributed by atoms with Crippen molar-refractivity contribution in [2.75, 3.05) is 19.7 Å². The van der Waals surface area contributed by atoms with Gasteiger partial charge in [-0.25, -0.2) is 4.98 Å². The molecule has 1 fully saturated rings. The highest BCUT2D eigenvalue weighted by molar-refractivity contribution is 9.10. The average Bonchev–Trinajstić information content (AvgIpc) is 2.29. The molecular formula is C11H13BrN2O2. The van der Waals surface area contributed by atoms with Crippen LogP contribution in [-0.4, -0.2) is 41.6 Å². The third-order valence-electron chi connectivity index (χ3n) is 2.52. The molecule has 5 heteroatoms. The minimum atomic E-state index is 0.00938. The molecule has 86 valence electrons. The van der Waals surface area contributed by atoms with Gasteiger partial charge in [0.05, 0.1) is 18.3 Å². The van der Waals surface area contributed by atoms with Crippen LogP contribution in [0.5, 0.6) is 0 Å². The van der Waals surface area contributed by atoms with E-state index in [2.05, 4.69) is 20.9 Å². The molecule has 4 nitrogen and oxygen atoms in total. The van der Waals surface area contributed by atoms with Crippen molar-refractivity contribution in [3.05, 3.63) is 28.5 Å². The van der Waals surface area contributed by atoms with E-state index in [1.807, 2.05) is 6.92 Å². The van der Waals surface area contributed by atoms with Gasteiger partial charge in [0, 0.05) is 19.3 Å². The smallest absolute Gasteiger partial charge is 0.256 e. The normalized spacial score (nSPS) is 20.9. The molecule has 0 saturated carbocycles. The van der Waals surface area contributed by atoms with Crippen LogP contribution in [0.4, 0.5) is 0 Å². The van der Waals surface area contributed by atoms with E-state index >= 15 is 0 Å². The van der Waals surface area contributed by atoms with Gasteiger partial charge in [0.15, 0.2) is 0 Å². The second-order valence-electron chi connectivity index (χ2n) is 3.77. The summed E-state index contributed by atoms with van der Waals surface area (Å²) in [6.45, 7) is 3.85. The van der Waals surface area contributed by atoms with Gasteiger partial charge in [-0.05, 0) is 35.0 Å². The standard InChI is InChI=1S/C11H13BrN2O2/c1-8-7-14(5-6-16-8)11(15)9-3-2-4-13-10(9)12/h2-4,8H,5-7H2,1H3. The molecule has 0 aliphatic carbocycles. The van der Waals surface area contributed by atoms with Gasteiger partial charge < -0.3 is 9.64 Å². The van der Waals surface area contributed by atoms with Crippen LogP contribution < -0.4 is 0 Å². The summed E-state index contributed by atoms with van der Waals surface area (Å²) in [6.07, 6.45) is 1.76. The summed E-state index contributed by atoms with van der Waals surface area (Å²) in [7, 11) is 0. The highest BCUT2D eigenvalue weighted by Gasteiger charge is 2.23. The molecule has 0 N–H and O–H groups in total. The summed E-state index contributed by atoms with van der Waals surface area (Å²) in [5.74, 6) is 0.00938. The van der Waals surface area contributed by atoms with Gasteiger partial charge in [0.2, 0.25) is 0 Å². The third kappa shape index (κ3) is 2.41. The maximum absolute atomic E-state index is 12.2. The van der Waals surface area contributed by atoms with Gasteiger partial charge >= 0.3 is 0 Å². The predicted octanol–water partition coefficient (Wildman–Crippen LogP) is 1.71. The van der Waals surface area contributed by atoms with Crippen LogP contribution in [-0.2, 0) is 4.74 Å². The first-order valence-corrected chi connectivity index (χ1v) is 5.99. The number of halogens is 1. The summed E-state index contributed by atoms with van der Waals surface area (Å²) < 4.78 is 6.00. The number of amides is 1. The topological polar surface area (TPSA) is 42.4 Å². The van der Waals surface area contributed by atoms with Gasteiger partial charge in [-0.2, -0.15) is 0 Å². The van der Waals surface area contributed by atoms with Crippen molar-refractivity contribution in [1.29, 1.82) is 0 Å². The molecule has 1 aliphatic rings. The number of nitrogens with zero attached hydrogens (tertiary/aromatic N) is 2. The molecule has 1 saturated heterocycles. The number of pyridine rings is 1. The molecular weight excluding hydrogens is 272 g/mol. The van der Waals surface area contributed by atoms with Crippen molar-refractivity contribution in [1.82, 2.24) is 9.88 Å². The molecule has 2 heterocycles. The fraction of sp³-hybridized carbons (Fsp3) is 0.455. The molecule has 0 bridgehead atoms. The number of hydrogen-bond donors (Lipinski definition) is 0. The molecule has 1 atom stereocenters. The van der Waals surface area contributed by atoms with Crippen molar-refractivity contribution in [2.24, 2.45) is 0 Å². The predicted molar refractivity (Wildman–Crippen MR) is 63.3 cm³/mol. The monoisotopic (exact) mass is 284 g/mol. The van der Waals surface area contributed by atoms with Crippen molar-refractivity contribution < 1.29 is 9.53 Å². The Hall–Kier alpha value is -0.940. The molecule has 1 aliphatic heterocycles. The molecule has 0 radical (unpaired) electrons. The van der Waals surface area contributed by atoms with E-state index in [4.69, 9.17) is 4.74 Å². The Morgan fingerprint density at radius 3 is 3.19 bits per heavy atom. The highest BCUT2D eigenvalue weighted by Crippen LogP contribution is 2.16. The third-order valence-corrected chi connectivity index (χ3v) is 3.15. The first-order valence-electron chi connectivity index (χ1n) is 5.20. The van der Waals surface area contributed by atoms with Crippen LogP contribution in [0, 0.1) is 0 Å². The number of hydrogen-bond acceptors (Lipinski definition) is 3. The molecule has 0 aromatic carbocycles. The Kier molecular flexibility index (Phi) is 3.56. The first-order chi connectivity index (χ1) is 7.68. The van der Waals surface area contributed by atoms with Gasteiger partial charge in [-0.15, -0.1) is 0 Å². The second-order valence-corrected chi connectivity index (χ2v) is 4.53. The van der Waals surface area contributed by atoms with Crippen molar-refractivity contribution in [3.8, 4) is 0 Å². The fourth-order valence-corrected chi connectivity index (χ4v) is 2.14. The van der Waals surface area contributed by atoms with E-state index in [-0.39, 0.29) is 12.0 Å². The second kappa shape index (κ2) is 4.93. The van der Waals surface area contributed by atoms with Gasteiger partial charge in [0.25, 0.3) is 5.91 Å². The largest absolute Gasteiger partial charge is 0.375 e. The fourth-order valence-electron chi connectivity index (χ4n) is 1.72. The Balaban J connectivity index is 2.16. The molecule has 1 unspecified atom stereocenters. The molecule has 2 rings (SSSR count). The molecule has 1 aromatic heterocycles. The minimum absolute atomic E-state index is 0.00938. The summed E-state index contributed by atoms with van der Waals surface area (Å²) >= 11 is 3.29. The van der Waals surface area contributed by atoms with Crippen LogP contribution in [0.1, 0.15) is 17.3 Å². The number of ether oxygens (including phenoxy) is 1. The van der Waals surface area contributed by atoms with E-state index in [0.717, 1.165) is 0 Å². The van der Waals surface area contributed by atoms with Crippen LogP contribution in [0.2, 0.25) is 0 Å². The zero-order valence-corrected chi connectivity index (χ0v) is 10.6. The SMILES string of the molecule is CC1CN(C(=O)c2cccnc2Br)CCO1. The van der Waals surface area contributed by atoms with Crippen LogP contribution >= 0.6 is 15.9 Å². The summed E-state index contributed by atoms with van der Waals surface area (Å²) in [4.78, 5) is 18.0. The molecule has 1 aromatic rings. The Morgan fingerprint density at radius 1 is 1.69 bits per heavy atom. The lowest BCUT2D eigenvalue weighted by atomic mass is 10.2. The van der Waals surface area contributed by atoms with Gasteiger partial charge in [0.1, 0.15) is 4.60 Å². The van der Waals surface area contributed by atoms with E-state index in [0.29, 0.717) is 29.9 Å². The number of carbonyl (C=O) groups is 1. The summed E-state index contributed by atoms with van der Waals surface area (Å²) in [5.41, 5.74) is 0.608. The lowest BCUT2D eigenvalue weighted by molar-refractivity contribution is -0.0124. The van der Waals surface area contributed by atoms with Crippen LogP contribution in [0.15, 0.2) is 22.9 Å². The zero-order valence-electron chi connectivity index (χ0n) is 9.02. The Labute approximate surface area is 103 Å². The summed E-state index contributed by atoms with van der Waals surface area (Å²) in [6, 6.07) is 3.54. The Morgan fingerprint density at radius 2 is 2.50 bits per heavy atom. The summed E-state index contributed by atoms with van der Waals surface area (Å²) in [5, 5.41) is 0. The van der Waals surface area contributed by atoms with E-state index in [1.54, 1.807) is 23.2 Å². The first kappa shape index (κ1) is 11.5. The van der Waals surface area contributed by atoms with Crippen molar-refractivity contribution in [3.63, 3.8) is 0 Å². The lowest BCUT2D eigenvalue weighted by Crippen LogP contribution is -2.44. The quantitative estimate of drug-likeness (QED) is 0.738. The minimum Gasteiger partial charge on any atom is -0.375 e. The van der Waals surface area contributed by atoms with Crippen molar-refractivity contribution >= 4 is 21.8 Å². The Bertz CT molecular complexity index is 397. The van der Waals surface area contributed by atoms with E-state index in [9.17, 15) is 4.79 Å². The maximum atomic E-state index is 12.2. The van der Waals surface area contributed by atoms with Gasteiger partial charge in [-0.3, -0.25) is 4.79 Å². The number of carbonyl (C=O) groups excluding carboxylic acids is 1. The van der Waals surface area contributed by atoms with E-state index < -0.39 is 0 Å². The molecule has 0 spiro atoms. The van der Waals surface area contributed by atoms with Crippen LogP contribution in [0.25, 0.3) is 0 Å². The van der Waals surface area contributed by atoms with Crippen LogP contribution in [0.3, 0.4) is 0 Å². The molecule has 16 heavy (non-hydrogen) atoms.